The van der Waals surface area contributed by atoms with Gasteiger partial charge in [0.2, 0.25) is 0 Å². The Morgan fingerprint density at radius 1 is 0.621 bits per heavy atom. The van der Waals surface area contributed by atoms with E-state index in [1.165, 1.54) is 34.9 Å². The molecule has 0 amide bonds. The molecule has 1 heterocycles. The molecule has 1 saturated carbocycles. The number of halogens is 6. The Morgan fingerprint density at radius 3 is 2.09 bits per heavy atom. The minimum atomic E-state index is -1.77. The van der Waals surface area contributed by atoms with Crippen molar-refractivity contribution >= 4 is 23.5 Å². The molecular formula is C78H68F6N2O. The molecule has 0 saturated heterocycles. The van der Waals surface area contributed by atoms with Gasteiger partial charge < -0.3 is 14.5 Å². The molecule has 4 aromatic rings. The predicted octanol–water partition coefficient (Wildman–Crippen LogP) is 19.2. The Hall–Kier alpha value is -8.30. The smallest absolute Gasteiger partial charge is 0.160 e. The van der Waals surface area contributed by atoms with Crippen LogP contribution in [0.1, 0.15) is 78.7 Å². The molecule has 1 aliphatic heterocycles. The first-order valence-electron chi connectivity index (χ1n) is 31.1. The fraction of sp³-hybridized carbons (Fsp3) is 0.282. The lowest BCUT2D eigenvalue weighted by molar-refractivity contribution is 0.166. The highest BCUT2D eigenvalue weighted by molar-refractivity contribution is 5.73. The normalized spacial score (nSPS) is 33.6. The van der Waals surface area contributed by atoms with E-state index < -0.39 is 46.6 Å². The van der Waals surface area contributed by atoms with E-state index in [0.29, 0.717) is 48.5 Å². The van der Waals surface area contributed by atoms with Gasteiger partial charge in [-0.1, -0.05) is 183 Å². The standard InChI is InChI=1S/C78H68F6N2O/c1-3-47-19-23-49(24-20-47)77(51-27-31-53(79)32-28-51)65-15-7-5-11-59(65)61-39-35-55(43-67(61)77)85(57-37-41-69(81)71(83)45-57)73-17-9-13-63-64-14-10-18-74(76(64)87-75(63)73)86(58-38-42-70(82)72(84)46-58)56-36-40-62-60-12-6-8-16-66(60)78(68(62)44-56,52-29-33-54(80)34-30-52)50-25-21-48(4-2)22-26-50/h3-7,9-15,17-27,29,31-40,42,45-46,51-52,55-56,59-61,64-67,69,76H,1-2,8,16,28,30,41,43-44H2. The number of para-hydroxylation sites is 1. The lowest BCUT2D eigenvalue weighted by Crippen LogP contribution is -2.48. The number of hydrogen-bond acceptors (Lipinski definition) is 3. The number of fused-ring (bicyclic) bond motifs is 8. The van der Waals surface area contributed by atoms with Gasteiger partial charge in [0, 0.05) is 52.1 Å². The molecule has 10 aliphatic carbocycles. The third kappa shape index (κ3) is 8.74. The fourth-order valence-corrected chi connectivity index (χ4v) is 18.1. The summed E-state index contributed by atoms with van der Waals surface area (Å²) in [5.74, 6) is -2.53. The fourth-order valence-electron chi connectivity index (χ4n) is 18.1. The zero-order chi connectivity index (χ0) is 59.3. The molecule has 1 fully saturated rings. The van der Waals surface area contributed by atoms with Crippen LogP contribution in [-0.4, -0.2) is 24.4 Å². The lowest BCUT2D eigenvalue weighted by atomic mass is 9.55. The van der Waals surface area contributed by atoms with Crippen LogP contribution in [0.5, 0.6) is 5.75 Å². The monoisotopic (exact) mass is 1160 g/mol. The van der Waals surface area contributed by atoms with Gasteiger partial charge in [-0.3, -0.25) is 0 Å². The zero-order valence-electron chi connectivity index (χ0n) is 48.3. The summed E-state index contributed by atoms with van der Waals surface area (Å²) in [4.78, 5) is 4.28. The van der Waals surface area contributed by atoms with Gasteiger partial charge in [0.1, 0.15) is 29.3 Å². The van der Waals surface area contributed by atoms with Crippen LogP contribution in [0, 0.1) is 59.0 Å². The number of rotatable bonds is 12. The van der Waals surface area contributed by atoms with Crippen molar-refractivity contribution in [3.05, 3.63) is 305 Å². The number of hydrogen-bond donors (Lipinski definition) is 0. The van der Waals surface area contributed by atoms with Crippen LogP contribution < -0.4 is 14.5 Å². The van der Waals surface area contributed by atoms with E-state index in [-0.39, 0.29) is 77.4 Å². The van der Waals surface area contributed by atoms with Crippen LogP contribution in [0.2, 0.25) is 0 Å². The summed E-state index contributed by atoms with van der Waals surface area (Å²) in [5, 5.41) is 0. The summed E-state index contributed by atoms with van der Waals surface area (Å²) in [6.45, 7) is 8.11. The number of ether oxygens (including phenoxy) is 1. The van der Waals surface area contributed by atoms with Crippen molar-refractivity contribution in [2.75, 3.05) is 9.80 Å². The van der Waals surface area contributed by atoms with E-state index in [9.17, 15) is 0 Å². The summed E-state index contributed by atoms with van der Waals surface area (Å²) >= 11 is 0. The molecule has 11 aliphatic rings. The molecule has 87 heavy (non-hydrogen) atoms. The number of anilines is 2. The van der Waals surface area contributed by atoms with Crippen LogP contribution in [0.25, 0.3) is 12.2 Å². The molecule has 0 N–H and O–H groups in total. The lowest BCUT2D eigenvalue weighted by Gasteiger charge is -2.49. The van der Waals surface area contributed by atoms with Crippen LogP contribution >= 0.6 is 0 Å². The van der Waals surface area contributed by atoms with E-state index in [1.807, 2.05) is 36.4 Å². The largest absolute Gasteiger partial charge is 0.481 e. The second-order valence-corrected chi connectivity index (χ2v) is 25.4. The van der Waals surface area contributed by atoms with Gasteiger partial charge in [-0.2, -0.15) is 0 Å². The highest BCUT2D eigenvalue weighted by Gasteiger charge is 2.63. The maximum absolute atomic E-state index is 16.1. The molecular weight excluding hydrogens is 1090 g/mol. The summed E-state index contributed by atoms with van der Waals surface area (Å²) < 4.78 is 100. The summed E-state index contributed by atoms with van der Waals surface area (Å²) in [7, 11) is 0. The van der Waals surface area contributed by atoms with Crippen molar-refractivity contribution in [2.24, 2.45) is 47.3 Å². The van der Waals surface area contributed by atoms with Crippen LogP contribution in [-0.2, 0) is 10.8 Å². The molecule has 0 bridgehead atoms. The molecule has 15 atom stereocenters. The van der Waals surface area contributed by atoms with Crippen molar-refractivity contribution < 1.29 is 31.1 Å². The van der Waals surface area contributed by atoms with Gasteiger partial charge in [-0.15, -0.1) is 0 Å². The van der Waals surface area contributed by atoms with Crippen molar-refractivity contribution in [1.82, 2.24) is 0 Å². The summed E-state index contributed by atoms with van der Waals surface area (Å²) in [6, 6.07) is 26.8. The molecule has 9 heteroatoms. The molecule has 438 valence electrons. The Kier molecular flexibility index (Phi) is 13.9. The Labute approximate surface area is 506 Å². The summed E-state index contributed by atoms with van der Waals surface area (Å²) in [6.07, 6.45) is 48.0. The summed E-state index contributed by atoms with van der Waals surface area (Å²) in [5.41, 5.74) is 9.12. The van der Waals surface area contributed by atoms with E-state index in [4.69, 9.17) is 4.74 Å². The third-order valence-electron chi connectivity index (χ3n) is 21.6. The average molecular weight is 1160 g/mol. The van der Waals surface area contributed by atoms with Crippen LogP contribution in [0.15, 0.2) is 266 Å². The van der Waals surface area contributed by atoms with Gasteiger partial charge in [-0.05, 0) is 162 Å². The van der Waals surface area contributed by atoms with Crippen LogP contribution in [0.3, 0.4) is 0 Å². The number of allylic oxidation sites excluding steroid dienone is 22. The number of benzene rings is 4. The topological polar surface area (TPSA) is 15.7 Å². The Morgan fingerprint density at radius 2 is 1.37 bits per heavy atom. The van der Waals surface area contributed by atoms with Crippen molar-refractivity contribution in [2.45, 2.75) is 86.1 Å². The van der Waals surface area contributed by atoms with Crippen molar-refractivity contribution in [3.8, 4) is 5.75 Å². The Bertz CT molecular complexity index is 3950. The van der Waals surface area contributed by atoms with Gasteiger partial charge in [0.05, 0.1) is 23.5 Å². The van der Waals surface area contributed by atoms with Crippen molar-refractivity contribution in [1.29, 1.82) is 0 Å². The Balaban J connectivity index is 0.833. The zero-order valence-corrected chi connectivity index (χ0v) is 48.3. The molecule has 0 aromatic heterocycles. The first kappa shape index (κ1) is 55.3. The van der Waals surface area contributed by atoms with Gasteiger partial charge in [-0.25, -0.2) is 26.3 Å². The molecule has 0 radical (unpaired) electrons. The molecule has 0 spiro atoms. The van der Waals surface area contributed by atoms with Gasteiger partial charge >= 0.3 is 0 Å². The highest BCUT2D eigenvalue weighted by Crippen LogP contribution is 2.67. The van der Waals surface area contributed by atoms with E-state index >= 15 is 26.3 Å². The molecule has 3 nitrogen and oxygen atoms in total. The van der Waals surface area contributed by atoms with Gasteiger partial charge in [0.25, 0.3) is 0 Å². The predicted molar refractivity (Wildman–Crippen MR) is 338 cm³/mol. The maximum atomic E-state index is 16.1. The van der Waals surface area contributed by atoms with E-state index in [2.05, 4.69) is 157 Å². The van der Waals surface area contributed by atoms with Crippen LogP contribution in [0.4, 0.5) is 37.7 Å². The van der Waals surface area contributed by atoms with Crippen molar-refractivity contribution in [3.63, 3.8) is 0 Å². The third-order valence-corrected chi connectivity index (χ3v) is 21.6. The SMILES string of the molecule is C=Cc1ccc(C2(C3C=CC(F)=CC3)C3=C(C=CC(N(C4=CC=CC5c6cccc(N(C7=CCC(F)C(F)=C7)C7C=CC8C9C=CC=CC9C(c9ccc(C=C)cc9)(C9C=CC(F)=CC9)C8C7)c6OC45)c4ccc(F)c(F)c4)C3)C3C=CCCC32)cc1. The number of alkyl halides is 1. The minimum absolute atomic E-state index is 0.00144. The second-order valence-electron chi connectivity index (χ2n) is 25.4. The first-order chi connectivity index (χ1) is 42.5. The maximum Gasteiger partial charge on any atom is 0.160 e. The average Bonchev–Trinajstić information content (AvgIpc) is 1.58. The highest BCUT2D eigenvalue weighted by atomic mass is 19.2. The van der Waals surface area contributed by atoms with Gasteiger partial charge in [0.15, 0.2) is 17.8 Å². The van der Waals surface area contributed by atoms with E-state index in [1.54, 1.807) is 36.4 Å². The molecule has 15 unspecified atom stereocenters. The molecule has 15 rings (SSSR count). The quantitative estimate of drug-likeness (QED) is 0.104. The first-order valence-corrected chi connectivity index (χ1v) is 31.1. The number of nitrogens with zero attached hydrogens (tertiary/aromatic N) is 2. The molecule has 4 aromatic carbocycles. The van der Waals surface area contributed by atoms with E-state index in [0.717, 1.165) is 40.8 Å². The second kappa shape index (κ2) is 21.8. The minimum Gasteiger partial charge on any atom is -0.481 e.